The molecule has 7 nitrogen and oxygen atoms in total. The summed E-state index contributed by atoms with van der Waals surface area (Å²) >= 11 is 12.1. The van der Waals surface area contributed by atoms with Crippen molar-refractivity contribution in [1.29, 1.82) is 0 Å². The predicted molar refractivity (Wildman–Crippen MR) is 70.2 cm³/mol. The minimum Gasteiger partial charge on any atom is -0.422 e. The molecule has 2 saturated carbocycles. The van der Waals surface area contributed by atoms with Crippen molar-refractivity contribution in [3.05, 3.63) is 10.1 Å². The first-order valence-corrected chi connectivity index (χ1v) is 7.43. The average Bonchev–Trinajstić information content (AvgIpc) is 2.67. The maximum atomic E-state index is 12.4. The normalized spacial score (nSPS) is 37.2. The smallest absolute Gasteiger partial charge is 0.330 e. The number of carbonyl (C=O) groups excluding carboxylic acids is 2. The van der Waals surface area contributed by atoms with E-state index in [4.69, 9.17) is 32.7 Å². The summed E-state index contributed by atoms with van der Waals surface area (Å²) in [5, 5.41) is 10.9. The lowest BCUT2D eigenvalue weighted by Crippen LogP contribution is -2.52. The van der Waals surface area contributed by atoms with Gasteiger partial charge in [0.05, 0.1) is 5.92 Å². The van der Waals surface area contributed by atoms with Gasteiger partial charge in [0.25, 0.3) is 5.79 Å². The van der Waals surface area contributed by atoms with Gasteiger partial charge in [-0.25, -0.2) is 0 Å². The molecule has 0 N–H and O–H groups in total. The van der Waals surface area contributed by atoms with Crippen molar-refractivity contribution in [3.8, 4) is 0 Å². The Kier molecular flexibility index (Phi) is 2.99. The molecule has 2 spiro atoms. The number of esters is 2. The summed E-state index contributed by atoms with van der Waals surface area (Å²) in [6.07, 6.45) is 2.39. The molecule has 0 bridgehead atoms. The lowest BCUT2D eigenvalue weighted by atomic mass is 9.98. The fourth-order valence-electron chi connectivity index (χ4n) is 3.46. The summed E-state index contributed by atoms with van der Waals surface area (Å²) in [4.78, 5) is 35.1. The number of hydrogen-bond acceptors (Lipinski definition) is 6. The van der Waals surface area contributed by atoms with Crippen LogP contribution in [0, 0.1) is 21.4 Å². The summed E-state index contributed by atoms with van der Waals surface area (Å²) < 4.78 is 8.73. The molecule has 0 radical (unpaired) electrons. The van der Waals surface area contributed by atoms with Crippen molar-refractivity contribution in [1.82, 2.24) is 0 Å². The van der Waals surface area contributed by atoms with Gasteiger partial charge in [0.2, 0.25) is 11.5 Å². The molecule has 3 rings (SSSR count). The predicted octanol–water partition coefficient (Wildman–Crippen LogP) is 1.81. The van der Waals surface area contributed by atoms with E-state index in [-0.39, 0.29) is 0 Å². The zero-order valence-electron chi connectivity index (χ0n) is 11.1. The second-order valence-corrected chi connectivity index (χ2v) is 7.22. The molecule has 0 amide bonds. The van der Waals surface area contributed by atoms with Crippen LogP contribution in [0.25, 0.3) is 0 Å². The van der Waals surface area contributed by atoms with Gasteiger partial charge in [-0.2, -0.15) is 0 Å². The molecule has 21 heavy (non-hydrogen) atoms. The summed E-state index contributed by atoms with van der Waals surface area (Å²) in [6.45, 7) is 1.25. The third kappa shape index (κ3) is 1.67. The second-order valence-electron chi connectivity index (χ2n) is 5.83. The summed E-state index contributed by atoms with van der Waals surface area (Å²) in [6, 6.07) is -1.27. The Hall–Kier alpha value is -1.08. The lowest BCUT2D eigenvalue weighted by molar-refractivity contribution is -0.523. The molecule has 2 atom stereocenters. The van der Waals surface area contributed by atoms with Crippen LogP contribution in [0.4, 0.5) is 0 Å². The topological polar surface area (TPSA) is 95.7 Å². The van der Waals surface area contributed by atoms with Gasteiger partial charge in [0, 0.05) is 24.7 Å². The number of nitro groups is 1. The van der Waals surface area contributed by atoms with Crippen LogP contribution in [0.1, 0.15) is 32.6 Å². The number of carbonyl (C=O) groups is 2. The van der Waals surface area contributed by atoms with Crippen molar-refractivity contribution in [2.45, 2.75) is 48.8 Å². The van der Waals surface area contributed by atoms with Crippen LogP contribution in [0.2, 0.25) is 0 Å². The van der Waals surface area contributed by atoms with E-state index in [9.17, 15) is 19.7 Å². The van der Waals surface area contributed by atoms with Crippen molar-refractivity contribution in [2.75, 3.05) is 0 Å². The standard InChI is InChI=1S/C12H13Cl2NO6/c1-6(15(18)19)7-11(12(7,13)14)8(16)20-10(21-9(11)17)4-2-3-5-10/h6-7H,2-5H2,1H3/t6-,7-/m1/s1. The average molecular weight is 338 g/mol. The lowest BCUT2D eigenvalue weighted by Gasteiger charge is -2.36. The number of rotatable bonds is 2. The van der Waals surface area contributed by atoms with E-state index in [1.165, 1.54) is 6.92 Å². The van der Waals surface area contributed by atoms with E-state index in [1.807, 2.05) is 0 Å². The highest BCUT2D eigenvalue weighted by molar-refractivity contribution is 6.56. The van der Waals surface area contributed by atoms with Gasteiger partial charge in [-0.1, -0.05) is 23.2 Å². The van der Waals surface area contributed by atoms with Crippen LogP contribution in [-0.2, 0) is 19.1 Å². The monoisotopic (exact) mass is 337 g/mol. The van der Waals surface area contributed by atoms with Gasteiger partial charge in [-0.05, 0) is 12.8 Å². The van der Waals surface area contributed by atoms with Gasteiger partial charge >= 0.3 is 11.9 Å². The Morgan fingerprint density at radius 2 is 1.71 bits per heavy atom. The molecule has 0 aromatic heterocycles. The van der Waals surface area contributed by atoms with Crippen LogP contribution in [-0.4, -0.2) is 33.0 Å². The van der Waals surface area contributed by atoms with E-state index in [0.717, 1.165) is 12.8 Å². The molecule has 3 aliphatic rings. The maximum absolute atomic E-state index is 12.4. The van der Waals surface area contributed by atoms with Gasteiger partial charge in [-0.3, -0.25) is 19.7 Å². The molecule has 2 aliphatic carbocycles. The zero-order chi connectivity index (χ0) is 15.6. The van der Waals surface area contributed by atoms with E-state index >= 15 is 0 Å². The van der Waals surface area contributed by atoms with Crippen molar-refractivity contribution in [2.24, 2.45) is 11.3 Å². The first-order valence-electron chi connectivity index (χ1n) is 6.67. The summed E-state index contributed by atoms with van der Waals surface area (Å²) in [5.74, 6) is -4.23. The highest BCUT2D eigenvalue weighted by atomic mass is 35.5. The van der Waals surface area contributed by atoms with E-state index in [2.05, 4.69) is 0 Å². The zero-order valence-corrected chi connectivity index (χ0v) is 12.6. The minimum absolute atomic E-state index is 0.424. The molecule has 0 aromatic rings. The fraction of sp³-hybridized carbons (Fsp3) is 0.833. The maximum Gasteiger partial charge on any atom is 0.330 e. The van der Waals surface area contributed by atoms with Gasteiger partial charge < -0.3 is 9.47 Å². The fourth-order valence-corrected chi connectivity index (χ4v) is 4.59. The van der Waals surface area contributed by atoms with Crippen LogP contribution in [0.15, 0.2) is 0 Å². The van der Waals surface area contributed by atoms with E-state index in [0.29, 0.717) is 12.8 Å². The molecule has 9 heteroatoms. The number of ether oxygens (including phenoxy) is 2. The number of nitrogens with zero attached hydrogens (tertiary/aromatic N) is 1. The molecular formula is C12H13Cl2NO6. The summed E-state index contributed by atoms with van der Waals surface area (Å²) in [7, 11) is 0. The van der Waals surface area contributed by atoms with Crippen molar-refractivity contribution in [3.63, 3.8) is 0 Å². The van der Waals surface area contributed by atoms with Crippen LogP contribution in [0.5, 0.6) is 0 Å². The van der Waals surface area contributed by atoms with Gasteiger partial charge in [-0.15, -0.1) is 0 Å². The Bertz CT molecular complexity index is 522. The highest BCUT2D eigenvalue weighted by Gasteiger charge is 2.92. The van der Waals surface area contributed by atoms with E-state index in [1.54, 1.807) is 0 Å². The molecular weight excluding hydrogens is 325 g/mol. The number of hydrogen-bond donors (Lipinski definition) is 0. The summed E-state index contributed by atoms with van der Waals surface area (Å²) in [5.41, 5.74) is -1.99. The van der Waals surface area contributed by atoms with Gasteiger partial charge in [0.1, 0.15) is 0 Å². The minimum atomic E-state index is -1.99. The Balaban J connectivity index is 1.94. The highest BCUT2D eigenvalue weighted by Crippen LogP contribution is 2.73. The van der Waals surface area contributed by atoms with Crippen LogP contribution in [0.3, 0.4) is 0 Å². The quantitative estimate of drug-likeness (QED) is 0.250. The SMILES string of the molecule is C[C@H]([C@H]1C(Cl)(Cl)C12C(=O)OC1(CCCC1)OC2=O)[N+](=O)[O-]. The Labute approximate surface area is 130 Å². The second kappa shape index (κ2) is 4.23. The number of halogens is 2. The van der Waals surface area contributed by atoms with E-state index < -0.39 is 44.4 Å². The van der Waals surface area contributed by atoms with Crippen LogP contribution < -0.4 is 0 Å². The molecule has 1 saturated heterocycles. The molecule has 0 aromatic carbocycles. The van der Waals surface area contributed by atoms with Crippen LogP contribution >= 0.6 is 23.2 Å². The Morgan fingerprint density at radius 3 is 2.14 bits per heavy atom. The van der Waals surface area contributed by atoms with Gasteiger partial charge in [0.15, 0.2) is 4.33 Å². The molecule has 1 aliphatic heterocycles. The third-order valence-corrected chi connectivity index (χ3v) is 5.75. The first kappa shape index (κ1) is 14.8. The largest absolute Gasteiger partial charge is 0.422 e. The van der Waals surface area contributed by atoms with Crippen molar-refractivity contribution >= 4 is 35.1 Å². The molecule has 3 fully saturated rings. The van der Waals surface area contributed by atoms with Crippen molar-refractivity contribution < 1.29 is 24.0 Å². The first-order chi connectivity index (χ1) is 9.69. The molecule has 1 heterocycles. The number of alkyl halides is 2. The third-order valence-electron chi connectivity index (χ3n) is 4.68. The molecule has 0 unspecified atom stereocenters. The Morgan fingerprint density at radius 1 is 1.24 bits per heavy atom. The molecule has 116 valence electrons.